The smallest absolute Gasteiger partial charge is 0.254 e. The van der Waals surface area contributed by atoms with E-state index < -0.39 is 0 Å². The van der Waals surface area contributed by atoms with Crippen molar-refractivity contribution in [1.82, 2.24) is 19.6 Å². The lowest BCUT2D eigenvalue weighted by atomic mass is 10.4. The number of aromatic nitrogens is 4. The van der Waals surface area contributed by atoms with Crippen molar-refractivity contribution in [3.63, 3.8) is 0 Å². The van der Waals surface area contributed by atoms with E-state index in [1.54, 1.807) is 13.8 Å². The molecule has 0 radical (unpaired) electrons. The lowest BCUT2D eigenvalue weighted by Crippen LogP contribution is -2.17. The van der Waals surface area contributed by atoms with Gasteiger partial charge in [0.2, 0.25) is 11.7 Å². The molecule has 7 nitrogen and oxygen atoms in total. The highest BCUT2D eigenvalue weighted by atomic mass is 16.1. The maximum absolute atomic E-state index is 11.3. The van der Waals surface area contributed by atoms with Crippen molar-refractivity contribution in [3.05, 3.63) is 22.2 Å². The molecule has 16 heavy (non-hydrogen) atoms. The molecular weight excluding hydrogens is 210 g/mol. The Balaban J connectivity index is 2.58. The molecule has 2 aromatic rings. The van der Waals surface area contributed by atoms with Gasteiger partial charge in [0.15, 0.2) is 0 Å². The zero-order chi connectivity index (χ0) is 11.7. The maximum atomic E-state index is 11.3. The van der Waals surface area contributed by atoms with Gasteiger partial charge in [0.05, 0.1) is 0 Å². The molecule has 1 amide bonds. The molecular formula is C9H11N5O2. The minimum absolute atomic E-state index is 0.181. The number of carbonyl (C=O) groups is 1. The van der Waals surface area contributed by atoms with Gasteiger partial charge < -0.3 is 5.32 Å². The maximum Gasteiger partial charge on any atom is 0.254 e. The lowest BCUT2D eigenvalue weighted by Gasteiger charge is -2.03. The van der Waals surface area contributed by atoms with Crippen molar-refractivity contribution in [2.45, 2.75) is 20.3 Å². The summed E-state index contributed by atoms with van der Waals surface area (Å²) in [6.45, 7) is 3.43. The molecule has 84 valence electrons. The fourth-order valence-electron chi connectivity index (χ4n) is 1.32. The summed E-state index contributed by atoms with van der Waals surface area (Å²) in [7, 11) is 0. The van der Waals surface area contributed by atoms with E-state index in [0.717, 1.165) is 0 Å². The van der Waals surface area contributed by atoms with Gasteiger partial charge in [0.25, 0.3) is 5.56 Å². The number of rotatable bonds is 2. The number of anilines is 1. The van der Waals surface area contributed by atoms with Crippen LogP contribution >= 0.6 is 0 Å². The number of hydrogen-bond donors (Lipinski definition) is 2. The van der Waals surface area contributed by atoms with E-state index in [4.69, 9.17) is 0 Å². The quantitative estimate of drug-likeness (QED) is 0.750. The van der Waals surface area contributed by atoms with E-state index in [0.29, 0.717) is 23.8 Å². The number of H-pyrrole nitrogens is 1. The van der Waals surface area contributed by atoms with Crippen LogP contribution in [0.2, 0.25) is 0 Å². The Kier molecular flexibility index (Phi) is 2.43. The van der Waals surface area contributed by atoms with Crippen LogP contribution in [0.4, 0.5) is 5.82 Å². The van der Waals surface area contributed by atoms with Gasteiger partial charge in [-0.25, -0.2) is 0 Å². The number of hydrogen-bond acceptors (Lipinski definition) is 4. The second-order valence-corrected chi connectivity index (χ2v) is 3.31. The number of fused-ring (bicyclic) bond motifs is 1. The highest BCUT2D eigenvalue weighted by Crippen LogP contribution is 2.05. The summed E-state index contributed by atoms with van der Waals surface area (Å²) in [6.07, 6.45) is 0.335. The third kappa shape index (κ3) is 1.79. The summed E-state index contributed by atoms with van der Waals surface area (Å²) in [4.78, 5) is 29.1. The number of nitrogens with one attached hydrogen (secondary N) is 2. The van der Waals surface area contributed by atoms with Crippen LogP contribution in [-0.2, 0) is 4.79 Å². The van der Waals surface area contributed by atoms with Crippen molar-refractivity contribution < 1.29 is 4.79 Å². The second-order valence-electron chi connectivity index (χ2n) is 3.31. The predicted molar refractivity (Wildman–Crippen MR) is 57.3 cm³/mol. The predicted octanol–water partition coefficient (Wildman–Crippen LogP) is 0.0745. The Morgan fingerprint density at radius 2 is 2.38 bits per heavy atom. The Labute approximate surface area is 90.5 Å². The fourth-order valence-corrected chi connectivity index (χ4v) is 1.32. The molecule has 0 aliphatic rings. The summed E-state index contributed by atoms with van der Waals surface area (Å²) in [5.74, 6) is 0.983. The van der Waals surface area contributed by atoms with E-state index in [2.05, 4.69) is 20.4 Å². The minimum atomic E-state index is -0.327. The van der Waals surface area contributed by atoms with Crippen molar-refractivity contribution >= 4 is 17.5 Å². The third-order valence-electron chi connectivity index (χ3n) is 2.03. The monoisotopic (exact) mass is 221 g/mol. The molecule has 0 fully saturated rings. The molecule has 0 aliphatic heterocycles. The van der Waals surface area contributed by atoms with Crippen LogP contribution in [0.15, 0.2) is 10.9 Å². The number of nitrogens with zero attached hydrogens (tertiary/aromatic N) is 3. The van der Waals surface area contributed by atoms with E-state index in [9.17, 15) is 9.59 Å². The van der Waals surface area contributed by atoms with E-state index in [-0.39, 0.29) is 11.5 Å². The molecule has 0 saturated heterocycles. The number of aromatic amines is 1. The van der Waals surface area contributed by atoms with Crippen molar-refractivity contribution in [1.29, 1.82) is 0 Å². The summed E-state index contributed by atoms with van der Waals surface area (Å²) < 4.78 is 1.39. The first-order chi connectivity index (χ1) is 7.60. The zero-order valence-electron chi connectivity index (χ0n) is 8.94. The van der Waals surface area contributed by atoms with Gasteiger partial charge in [-0.15, -0.1) is 5.10 Å². The van der Waals surface area contributed by atoms with Crippen molar-refractivity contribution in [3.8, 4) is 0 Å². The van der Waals surface area contributed by atoms with Gasteiger partial charge in [0.1, 0.15) is 11.6 Å². The Bertz CT molecular complexity index is 597. The van der Waals surface area contributed by atoms with E-state index in [1.807, 2.05) is 0 Å². The Hall–Kier alpha value is -2.18. The van der Waals surface area contributed by atoms with Crippen molar-refractivity contribution in [2.24, 2.45) is 0 Å². The van der Waals surface area contributed by atoms with Crippen LogP contribution in [0.5, 0.6) is 0 Å². The van der Waals surface area contributed by atoms with Gasteiger partial charge >= 0.3 is 0 Å². The largest absolute Gasteiger partial charge is 0.310 e. The highest BCUT2D eigenvalue weighted by Gasteiger charge is 2.08. The lowest BCUT2D eigenvalue weighted by molar-refractivity contribution is -0.115. The molecule has 0 bridgehead atoms. The number of carbonyl (C=O) groups excluding carboxylic acids is 1. The first kappa shape index (κ1) is 10.3. The van der Waals surface area contributed by atoms with Crippen molar-refractivity contribution in [2.75, 3.05) is 5.32 Å². The van der Waals surface area contributed by atoms with Gasteiger partial charge in [0, 0.05) is 12.5 Å². The number of amides is 1. The molecule has 2 rings (SSSR count). The number of aryl methyl sites for hydroxylation is 1. The topological polar surface area (TPSA) is 92.1 Å². The fraction of sp³-hybridized carbons (Fsp3) is 0.333. The Morgan fingerprint density at radius 1 is 1.62 bits per heavy atom. The molecule has 0 atom stereocenters. The first-order valence-electron chi connectivity index (χ1n) is 4.86. The SMILES string of the molecule is CCC(=O)Nc1cc(=O)[nH]c2nc(C)nn12. The van der Waals surface area contributed by atoms with Crippen LogP contribution in [0.1, 0.15) is 19.2 Å². The summed E-state index contributed by atoms with van der Waals surface area (Å²) in [5, 5.41) is 6.65. The summed E-state index contributed by atoms with van der Waals surface area (Å²) in [6, 6.07) is 1.27. The second kappa shape index (κ2) is 3.76. The zero-order valence-corrected chi connectivity index (χ0v) is 8.94. The van der Waals surface area contributed by atoms with Crippen LogP contribution in [-0.4, -0.2) is 25.5 Å². The van der Waals surface area contributed by atoms with Gasteiger partial charge in [-0.05, 0) is 6.92 Å². The van der Waals surface area contributed by atoms with Gasteiger partial charge in [-0.2, -0.15) is 9.50 Å². The molecule has 0 aliphatic carbocycles. The summed E-state index contributed by atoms with van der Waals surface area (Å²) in [5.41, 5.74) is -0.327. The van der Waals surface area contributed by atoms with Gasteiger partial charge in [-0.3, -0.25) is 14.6 Å². The molecule has 2 aromatic heterocycles. The van der Waals surface area contributed by atoms with Crippen LogP contribution in [0.3, 0.4) is 0 Å². The molecule has 2 N–H and O–H groups in total. The Morgan fingerprint density at radius 3 is 3.06 bits per heavy atom. The van der Waals surface area contributed by atoms with Gasteiger partial charge in [-0.1, -0.05) is 6.92 Å². The summed E-state index contributed by atoms with van der Waals surface area (Å²) >= 11 is 0. The van der Waals surface area contributed by atoms with Crippen LogP contribution in [0, 0.1) is 6.92 Å². The molecule has 0 unspecified atom stereocenters. The average Bonchev–Trinajstić information content (AvgIpc) is 2.58. The molecule has 7 heteroatoms. The molecule has 0 saturated carbocycles. The molecule has 0 aromatic carbocycles. The van der Waals surface area contributed by atoms with E-state index in [1.165, 1.54) is 10.6 Å². The standard InChI is InChI=1S/C9H11N5O2/c1-3-7(15)11-6-4-8(16)12-9-10-5(2)13-14(6)9/h4H,3H2,1-2H3,(H,11,15)(H,10,12,13,16). The first-order valence-corrected chi connectivity index (χ1v) is 4.86. The van der Waals surface area contributed by atoms with Crippen LogP contribution < -0.4 is 10.9 Å². The third-order valence-corrected chi connectivity index (χ3v) is 2.03. The van der Waals surface area contributed by atoms with Crippen LogP contribution in [0.25, 0.3) is 5.78 Å². The average molecular weight is 221 g/mol. The van der Waals surface area contributed by atoms with E-state index >= 15 is 0 Å². The molecule has 0 spiro atoms. The molecule has 2 heterocycles. The highest BCUT2D eigenvalue weighted by molar-refractivity contribution is 5.89. The minimum Gasteiger partial charge on any atom is -0.310 e. The normalized spacial score (nSPS) is 10.6.